The van der Waals surface area contributed by atoms with Gasteiger partial charge in [-0.3, -0.25) is 24.6 Å². The number of methoxy groups -OCH3 is 1. The van der Waals surface area contributed by atoms with Gasteiger partial charge >= 0.3 is 5.97 Å². The van der Waals surface area contributed by atoms with Gasteiger partial charge in [0, 0.05) is 12.1 Å². The van der Waals surface area contributed by atoms with Crippen molar-refractivity contribution >= 4 is 52.2 Å². The van der Waals surface area contributed by atoms with E-state index in [9.17, 15) is 24.5 Å². The van der Waals surface area contributed by atoms with Crippen LogP contribution in [0.3, 0.4) is 0 Å². The molecular formula is C20H15ClN2O8S. The van der Waals surface area contributed by atoms with Gasteiger partial charge in [-0.15, -0.1) is 0 Å². The van der Waals surface area contributed by atoms with Gasteiger partial charge in [0.25, 0.3) is 16.8 Å². The van der Waals surface area contributed by atoms with Crippen LogP contribution in [-0.2, 0) is 16.1 Å². The summed E-state index contributed by atoms with van der Waals surface area (Å²) in [6.45, 7) is -0.734. The smallest absolute Gasteiger partial charge is 0.341 e. The molecule has 3 rings (SSSR count). The Kier molecular flexibility index (Phi) is 7.01. The van der Waals surface area contributed by atoms with Crippen molar-refractivity contribution in [2.75, 3.05) is 13.7 Å². The molecule has 1 heterocycles. The Morgan fingerprint density at radius 2 is 2.06 bits per heavy atom. The number of carbonyl (C=O) groups is 3. The maximum Gasteiger partial charge on any atom is 0.341 e. The molecule has 2 amide bonds. The Labute approximate surface area is 190 Å². The van der Waals surface area contributed by atoms with Gasteiger partial charge in [0.2, 0.25) is 0 Å². The third kappa shape index (κ3) is 5.18. The summed E-state index contributed by atoms with van der Waals surface area (Å²) in [5, 5.41) is 19.3. The lowest BCUT2D eigenvalue weighted by molar-refractivity contribution is -0.384. The maximum absolute atomic E-state index is 12.8. The summed E-state index contributed by atoms with van der Waals surface area (Å²) in [6, 6.07) is 8.60. The predicted octanol–water partition coefficient (Wildman–Crippen LogP) is 3.96. The van der Waals surface area contributed by atoms with E-state index in [2.05, 4.69) is 0 Å². The molecule has 12 heteroatoms. The third-order valence-electron chi connectivity index (χ3n) is 4.23. The van der Waals surface area contributed by atoms with Crippen molar-refractivity contribution in [3.05, 3.63) is 67.6 Å². The molecule has 0 saturated carbocycles. The third-order valence-corrected chi connectivity index (χ3v) is 5.41. The number of non-ortho nitro benzene ring substituents is 1. The van der Waals surface area contributed by atoms with Crippen LogP contribution in [0.25, 0.3) is 6.08 Å². The zero-order chi connectivity index (χ0) is 23.4. The molecule has 0 unspecified atom stereocenters. The summed E-state index contributed by atoms with van der Waals surface area (Å²) in [5.74, 6) is -1.56. The quantitative estimate of drug-likeness (QED) is 0.339. The van der Waals surface area contributed by atoms with Crippen LogP contribution in [0.2, 0.25) is 5.02 Å². The van der Waals surface area contributed by atoms with Crippen molar-refractivity contribution in [2.24, 2.45) is 0 Å². The van der Waals surface area contributed by atoms with Crippen LogP contribution >= 0.6 is 23.4 Å². The lowest BCUT2D eigenvalue weighted by Crippen LogP contribution is -2.27. The first-order valence-electron chi connectivity index (χ1n) is 8.90. The molecule has 1 aliphatic heterocycles. The summed E-state index contributed by atoms with van der Waals surface area (Å²) in [4.78, 5) is 47.3. The second-order valence-electron chi connectivity index (χ2n) is 6.41. The number of halogens is 1. The highest BCUT2D eigenvalue weighted by Crippen LogP contribution is 2.39. The zero-order valence-electron chi connectivity index (χ0n) is 16.4. The molecule has 2 aromatic rings. The number of carboxylic acids is 1. The number of aliphatic carboxylic acids is 1. The average molecular weight is 479 g/mol. The van der Waals surface area contributed by atoms with Crippen LogP contribution in [0.1, 0.15) is 11.1 Å². The molecule has 1 fully saturated rings. The van der Waals surface area contributed by atoms with E-state index in [4.69, 9.17) is 26.2 Å². The first-order chi connectivity index (χ1) is 15.2. The Morgan fingerprint density at radius 3 is 2.72 bits per heavy atom. The standard InChI is InChI=1S/C20H15ClN2O8S/c1-30-15-7-12(6-14(21)18(15)31-10-17(24)25)8-16-19(26)22(20(27)32-16)9-11-3-2-4-13(5-11)23(28)29/h2-8H,9-10H2,1H3,(H,24,25)/b16-8+. The molecule has 2 aromatic carbocycles. The highest BCUT2D eigenvalue weighted by molar-refractivity contribution is 8.18. The number of ether oxygens (including phenoxy) is 2. The number of hydrogen-bond donors (Lipinski definition) is 1. The number of thioether (sulfide) groups is 1. The number of nitrogens with zero attached hydrogens (tertiary/aromatic N) is 2. The van der Waals surface area contributed by atoms with Gasteiger partial charge in [-0.2, -0.15) is 0 Å². The molecule has 1 saturated heterocycles. The van der Waals surface area contributed by atoms with E-state index in [1.54, 1.807) is 6.07 Å². The number of carbonyl (C=O) groups excluding carboxylic acids is 2. The summed E-state index contributed by atoms with van der Waals surface area (Å²) in [6.07, 6.45) is 1.44. The van der Waals surface area contributed by atoms with Crippen molar-refractivity contribution in [3.8, 4) is 11.5 Å². The van der Waals surface area contributed by atoms with E-state index in [-0.39, 0.29) is 33.7 Å². The molecule has 0 bridgehead atoms. The molecule has 0 spiro atoms. The fourth-order valence-electron chi connectivity index (χ4n) is 2.84. The molecule has 166 valence electrons. The molecular weight excluding hydrogens is 464 g/mol. The highest BCUT2D eigenvalue weighted by atomic mass is 35.5. The van der Waals surface area contributed by atoms with Crippen LogP contribution in [0.4, 0.5) is 10.5 Å². The summed E-state index contributed by atoms with van der Waals surface area (Å²) >= 11 is 6.89. The highest BCUT2D eigenvalue weighted by Gasteiger charge is 2.35. The molecule has 0 aromatic heterocycles. The number of imide groups is 1. The van der Waals surface area contributed by atoms with Gasteiger partial charge in [0.1, 0.15) is 0 Å². The number of benzene rings is 2. The van der Waals surface area contributed by atoms with Crippen LogP contribution in [-0.4, -0.2) is 45.8 Å². The van der Waals surface area contributed by atoms with Gasteiger partial charge in [-0.05, 0) is 41.1 Å². The zero-order valence-corrected chi connectivity index (χ0v) is 18.0. The number of carboxylic acid groups (broad SMARTS) is 1. The molecule has 32 heavy (non-hydrogen) atoms. The van der Waals surface area contributed by atoms with Crippen molar-refractivity contribution in [1.82, 2.24) is 4.90 Å². The van der Waals surface area contributed by atoms with E-state index in [0.717, 1.165) is 4.90 Å². The SMILES string of the molecule is COc1cc(/C=C2/SC(=O)N(Cc3cccc([N+](=O)[O-])c3)C2=O)cc(Cl)c1OCC(=O)O. The summed E-state index contributed by atoms with van der Waals surface area (Å²) < 4.78 is 10.3. The first-order valence-corrected chi connectivity index (χ1v) is 10.1. The van der Waals surface area contributed by atoms with Crippen LogP contribution in [0.15, 0.2) is 41.3 Å². The van der Waals surface area contributed by atoms with Crippen LogP contribution in [0, 0.1) is 10.1 Å². The summed E-state index contributed by atoms with van der Waals surface area (Å²) in [5.41, 5.74) is 0.722. The number of rotatable bonds is 8. The largest absolute Gasteiger partial charge is 0.493 e. The normalized spacial score (nSPS) is 14.7. The average Bonchev–Trinajstić information content (AvgIpc) is 3.00. The van der Waals surface area contributed by atoms with Gasteiger partial charge < -0.3 is 14.6 Å². The maximum atomic E-state index is 12.8. The topological polar surface area (TPSA) is 136 Å². The number of amides is 2. The van der Waals surface area contributed by atoms with E-state index < -0.39 is 28.6 Å². The second-order valence-corrected chi connectivity index (χ2v) is 7.81. The van der Waals surface area contributed by atoms with Crippen LogP contribution < -0.4 is 9.47 Å². The van der Waals surface area contributed by atoms with Crippen molar-refractivity contribution < 1.29 is 33.9 Å². The molecule has 0 aliphatic carbocycles. The molecule has 0 atom stereocenters. The number of nitro groups is 1. The van der Waals surface area contributed by atoms with Gasteiger partial charge in [-0.1, -0.05) is 23.7 Å². The van der Waals surface area contributed by atoms with E-state index in [1.165, 1.54) is 43.5 Å². The first kappa shape index (κ1) is 23.1. The molecule has 10 nitrogen and oxygen atoms in total. The Bertz CT molecular complexity index is 1150. The second kappa shape index (κ2) is 9.71. The fraction of sp³-hybridized carbons (Fsp3) is 0.150. The molecule has 0 radical (unpaired) electrons. The Hall–Kier alpha value is -3.57. The Morgan fingerprint density at radius 1 is 1.31 bits per heavy atom. The van der Waals surface area contributed by atoms with Crippen molar-refractivity contribution in [2.45, 2.75) is 6.54 Å². The minimum atomic E-state index is -1.19. The van der Waals surface area contributed by atoms with E-state index in [1.807, 2.05) is 0 Å². The van der Waals surface area contributed by atoms with Gasteiger partial charge in [0.05, 0.1) is 28.5 Å². The monoisotopic (exact) mass is 478 g/mol. The molecule has 1 N–H and O–H groups in total. The fourth-order valence-corrected chi connectivity index (χ4v) is 3.95. The summed E-state index contributed by atoms with van der Waals surface area (Å²) in [7, 11) is 1.34. The van der Waals surface area contributed by atoms with Gasteiger partial charge in [0.15, 0.2) is 18.1 Å². The Balaban J connectivity index is 1.84. The van der Waals surface area contributed by atoms with Crippen LogP contribution in [0.5, 0.6) is 11.5 Å². The molecule has 1 aliphatic rings. The predicted molar refractivity (Wildman–Crippen MR) is 116 cm³/mol. The minimum absolute atomic E-state index is 0.0347. The van der Waals surface area contributed by atoms with Crippen molar-refractivity contribution in [3.63, 3.8) is 0 Å². The van der Waals surface area contributed by atoms with Gasteiger partial charge in [-0.25, -0.2) is 4.79 Å². The van der Waals surface area contributed by atoms with Crippen molar-refractivity contribution in [1.29, 1.82) is 0 Å². The van der Waals surface area contributed by atoms with E-state index in [0.29, 0.717) is 22.9 Å². The number of hydrogen-bond acceptors (Lipinski definition) is 8. The lowest BCUT2D eigenvalue weighted by Gasteiger charge is -2.13. The number of nitro benzene ring substituents is 1. The lowest BCUT2D eigenvalue weighted by atomic mass is 10.1. The van der Waals surface area contributed by atoms with E-state index >= 15 is 0 Å². The minimum Gasteiger partial charge on any atom is -0.493 e.